The highest BCUT2D eigenvalue weighted by atomic mass is 14.9. The molecule has 2 atom stereocenters. The molecule has 94 valence electrons. The van der Waals surface area contributed by atoms with Gasteiger partial charge in [0, 0.05) is 6.04 Å². The Hall–Kier alpha value is -0.820. The number of nitrogens with one attached hydrogen (secondary N) is 1. The lowest BCUT2D eigenvalue weighted by Crippen LogP contribution is -2.24. The molecule has 17 heavy (non-hydrogen) atoms. The molecule has 0 radical (unpaired) electrons. The zero-order valence-electron chi connectivity index (χ0n) is 11.6. The van der Waals surface area contributed by atoms with E-state index in [1.54, 1.807) is 0 Å². The van der Waals surface area contributed by atoms with Gasteiger partial charge >= 0.3 is 0 Å². The van der Waals surface area contributed by atoms with Gasteiger partial charge in [-0.1, -0.05) is 36.2 Å². The summed E-state index contributed by atoms with van der Waals surface area (Å²) >= 11 is 0. The average Bonchev–Trinajstić information content (AvgIpc) is 2.58. The van der Waals surface area contributed by atoms with Crippen LogP contribution in [0.15, 0.2) is 18.2 Å². The molecule has 0 amide bonds. The van der Waals surface area contributed by atoms with E-state index in [0.717, 1.165) is 6.04 Å². The predicted molar refractivity (Wildman–Crippen MR) is 74.4 cm³/mol. The van der Waals surface area contributed by atoms with Gasteiger partial charge < -0.3 is 5.32 Å². The number of hydrogen-bond acceptors (Lipinski definition) is 1. The van der Waals surface area contributed by atoms with Crippen LogP contribution in [0.4, 0.5) is 0 Å². The standard InChI is InChI=1S/C16H25N/c1-12-7-13(2)9-14(8-12)10-16(3)6-5-15(11-16)17-4/h7-9,15,17H,5-6,10-11H2,1-4H3. The summed E-state index contributed by atoms with van der Waals surface area (Å²) in [7, 11) is 2.09. The average molecular weight is 231 g/mol. The highest BCUT2D eigenvalue weighted by molar-refractivity contribution is 5.29. The first-order chi connectivity index (χ1) is 8.00. The Balaban J connectivity index is 2.10. The summed E-state index contributed by atoms with van der Waals surface area (Å²) in [5.74, 6) is 0. The van der Waals surface area contributed by atoms with Crippen LogP contribution in [0, 0.1) is 19.3 Å². The molecule has 0 heterocycles. The van der Waals surface area contributed by atoms with Crippen molar-refractivity contribution in [3.63, 3.8) is 0 Å². The highest BCUT2D eigenvalue weighted by Gasteiger charge is 2.34. The van der Waals surface area contributed by atoms with Crippen molar-refractivity contribution in [3.8, 4) is 0 Å². The molecule has 1 aromatic rings. The molecule has 0 spiro atoms. The molecule has 0 bridgehead atoms. The fourth-order valence-electron chi connectivity index (χ4n) is 3.39. The second kappa shape index (κ2) is 4.81. The third kappa shape index (κ3) is 3.10. The molecule has 1 fully saturated rings. The third-order valence-corrected chi connectivity index (χ3v) is 4.16. The van der Waals surface area contributed by atoms with E-state index in [9.17, 15) is 0 Å². The number of aryl methyl sites for hydroxylation is 2. The Labute approximate surface area is 106 Å². The Bertz CT molecular complexity index is 376. The van der Waals surface area contributed by atoms with Crippen LogP contribution in [0.2, 0.25) is 0 Å². The monoisotopic (exact) mass is 231 g/mol. The second-order valence-corrected chi connectivity index (χ2v) is 6.21. The molecule has 1 aromatic carbocycles. The van der Waals surface area contributed by atoms with Crippen molar-refractivity contribution in [1.29, 1.82) is 0 Å². The van der Waals surface area contributed by atoms with E-state index in [2.05, 4.69) is 51.3 Å². The summed E-state index contributed by atoms with van der Waals surface area (Å²) in [6, 6.07) is 7.69. The van der Waals surface area contributed by atoms with E-state index in [1.807, 2.05) is 0 Å². The zero-order chi connectivity index (χ0) is 12.5. The maximum Gasteiger partial charge on any atom is 0.00695 e. The normalized spacial score (nSPS) is 28.6. The minimum absolute atomic E-state index is 0.494. The van der Waals surface area contributed by atoms with Crippen LogP contribution in [0.3, 0.4) is 0 Å². The number of benzene rings is 1. The van der Waals surface area contributed by atoms with Gasteiger partial charge in [-0.2, -0.15) is 0 Å². The molecule has 2 rings (SSSR count). The molecule has 1 aliphatic rings. The first-order valence-electron chi connectivity index (χ1n) is 6.75. The van der Waals surface area contributed by atoms with Crippen LogP contribution in [-0.4, -0.2) is 13.1 Å². The molecule has 1 N–H and O–H groups in total. The summed E-state index contributed by atoms with van der Waals surface area (Å²) in [4.78, 5) is 0. The van der Waals surface area contributed by atoms with Crippen molar-refractivity contribution in [2.45, 2.75) is 52.5 Å². The summed E-state index contributed by atoms with van der Waals surface area (Å²) in [5, 5.41) is 3.43. The predicted octanol–water partition coefficient (Wildman–Crippen LogP) is 3.62. The number of rotatable bonds is 3. The first kappa shape index (κ1) is 12.6. The van der Waals surface area contributed by atoms with Crippen molar-refractivity contribution in [2.75, 3.05) is 7.05 Å². The molecular formula is C16H25N. The van der Waals surface area contributed by atoms with Gasteiger partial charge in [0.15, 0.2) is 0 Å². The molecule has 2 unspecified atom stereocenters. The van der Waals surface area contributed by atoms with Gasteiger partial charge in [0.05, 0.1) is 0 Å². The van der Waals surface area contributed by atoms with Crippen molar-refractivity contribution < 1.29 is 0 Å². The lowest BCUT2D eigenvalue weighted by molar-refractivity contribution is 0.324. The first-order valence-corrected chi connectivity index (χ1v) is 6.75. The fraction of sp³-hybridized carbons (Fsp3) is 0.625. The second-order valence-electron chi connectivity index (χ2n) is 6.21. The Morgan fingerprint density at radius 1 is 1.24 bits per heavy atom. The minimum atomic E-state index is 0.494. The SMILES string of the molecule is CNC1CCC(C)(Cc2cc(C)cc(C)c2)C1. The van der Waals surface area contributed by atoms with Crippen LogP contribution in [0.5, 0.6) is 0 Å². The van der Waals surface area contributed by atoms with Gasteiger partial charge in [0.25, 0.3) is 0 Å². The summed E-state index contributed by atoms with van der Waals surface area (Å²) in [6.07, 6.45) is 5.23. The van der Waals surface area contributed by atoms with E-state index in [1.165, 1.54) is 42.4 Å². The summed E-state index contributed by atoms with van der Waals surface area (Å²) in [5.41, 5.74) is 4.80. The smallest absolute Gasteiger partial charge is 0.00695 e. The topological polar surface area (TPSA) is 12.0 Å². The van der Waals surface area contributed by atoms with Crippen LogP contribution in [0.1, 0.15) is 42.9 Å². The van der Waals surface area contributed by atoms with Gasteiger partial charge in [0.2, 0.25) is 0 Å². The lowest BCUT2D eigenvalue weighted by atomic mass is 9.81. The molecule has 1 aliphatic carbocycles. The number of hydrogen-bond donors (Lipinski definition) is 1. The van der Waals surface area contributed by atoms with Crippen LogP contribution in [0.25, 0.3) is 0 Å². The van der Waals surface area contributed by atoms with Gasteiger partial charge in [-0.05, 0) is 57.6 Å². The quantitative estimate of drug-likeness (QED) is 0.837. The summed E-state index contributed by atoms with van der Waals surface area (Å²) in [6.45, 7) is 6.84. The third-order valence-electron chi connectivity index (χ3n) is 4.16. The lowest BCUT2D eigenvalue weighted by Gasteiger charge is -2.24. The molecule has 0 saturated heterocycles. The van der Waals surface area contributed by atoms with E-state index in [4.69, 9.17) is 0 Å². The minimum Gasteiger partial charge on any atom is -0.317 e. The van der Waals surface area contributed by atoms with Gasteiger partial charge in [-0.15, -0.1) is 0 Å². The molecule has 0 aliphatic heterocycles. The molecule has 0 aromatic heterocycles. The maximum atomic E-state index is 3.43. The Morgan fingerprint density at radius 2 is 1.88 bits per heavy atom. The van der Waals surface area contributed by atoms with Crippen LogP contribution in [-0.2, 0) is 6.42 Å². The molecule has 1 heteroatoms. The van der Waals surface area contributed by atoms with Gasteiger partial charge in [0.1, 0.15) is 0 Å². The van der Waals surface area contributed by atoms with E-state index >= 15 is 0 Å². The van der Waals surface area contributed by atoms with Crippen molar-refractivity contribution >= 4 is 0 Å². The molecule has 1 nitrogen and oxygen atoms in total. The van der Waals surface area contributed by atoms with Crippen molar-refractivity contribution in [3.05, 3.63) is 34.9 Å². The maximum absolute atomic E-state index is 3.43. The largest absolute Gasteiger partial charge is 0.317 e. The van der Waals surface area contributed by atoms with Crippen LogP contribution < -0.4 is 5.32 Å². The van der Waals surface area contributed by atoms with Gasteiger partial charge in [-0.25, -0.2) is 0 Å². The Morgan fingerprint density at radius 3 is 2.41 bits per heavy atom. The van der Waals surface area contributed by atoms with E-state index in [-0.39, 0.29) is 0 Å². The molecular weight excluding hydrogens is 206 g/mol. The van der Waals surface area contributed by atoms with E-state index in [0.29, 0.717) is 5.41 Å². The highest BCUT2D eigenvalue weighted by Crippen LogP contribution is 2.40. The molecule has 1 saturated carbocycles. The van der Waals surface area contributed by atoms with E-state index < -0.39 is 0 Å². The Kier molecular flexibility index (Phi) is 3.58. The summed E-state index contributed by atoms with van der Waals surface area (Å²) < 4.78 is 0. The van der Waals surface area contributed by atoms with Crippen molar-refractivity contribution in [1.82, 2.24) is 5.32 Å². The van der Waals surface area contributed by atoms with Crippen molar-refractivity contribution in [2.24, 2.45) is 5.41 Å². The zero-order valence-corrected chi connectivity index (χ0v) is 11.6. The van der Waals surface area contributed by atoms with Crippen LogP contribution >= 0.6 is 0 Å². The van der Waals surface area contributed by atoms with Gasteiger partial charge in [-0.3, -0.25) is 0 Å². The fourth-order valence-corrected chi connectivity index (χ4v) is 3.39.